The summed E-state index contributed by atoms with van der Waals surface area (Å²) in [6.07, 6.45) is 9.81. The van der Waals surface area contributed by atoms with Gasteiger partial charge in [-0.3, -0.25) is 0 Å². The smallest absolute Gasteiger partial charge is 0.0596 e. The molecule has 0 aromatic carbocycles. The number of fused-ring (bicyclic) bond motifs is 3. The van der Waals surface area contributed by atoms with Gasteiger partial charge < -0.3 is 5.11 Å². The van der Waals surface area contributed by atoms with E-state index in [9.17, 15) is 5.11 Å². The summed E-state index contributed by atoms with van der Waals surface area (Å²) in [7, 11) is 0. The van der Waals surface area contributed by atoms with Gasteiger partial charge in [-0.15, -0.1) is 0 Å². The quantitative estimate of drug-likeness (QED) is 0.671. The molecule has 3 saturated carbocycles. The molecule has 0 heterocycles. The fourth-order valence-electron chi connectivity index (χ4n) is 7.42. The first kappa shape index (κ1) is 19.1. The van der Waals surface area contributed by atoms with Gasteiger partial charge in [-0.25, -0.2) is 0 Å². The van der Waals surface area contributed by atoms with Gasteiger partial charge in [0.2, 0.25) is 0 Å². The third-order valence-corrected chi connectivity index (χ3v) is 9.68. The van der Waals surface area contributed by atoms with Crippen LogP contribution in [0.15, 0.2) is 0 Å². The molecule has 8 atom stereocenters. The molecule has 0 saturated heterocycles. The van der Waals surface area contributed by atoms with E-state index in [1.807, 2.05) is 11.8 Å². The molecule has 0 aliphatic heterocycles. The van der Waals surface area contributed by atoms with Gasteiger partial charge in [0.05, 0.1) is 6.10 Å². The average molecular weight is 353 g/mol. The van der Waals surface area contributed by atoms with E-state index in [4.69, 9.17) is 0 Å². The van der Waals surface area contributed by atoms with Gasteiger partial charge >= 0.3 is 0 Å². The highest BCUT2D eigenvalue weighted by atomic mass is 32.2. The number of hydrogen-bond donors (Lipinski definition) is 1. The van der Waals surface area contributed by atoms with Crippen molar-refractivity contribution in [2.45, 2.75) is 79.2 Å². The molecule has 3 rings (SSSR count). The van der Waals surface area contributed by atoms with Gasteiger partial charge in [-0.05, 0) is 96.9 Å². The molecule has 1 nitrogen and oxygen atoms in total. The molecule has 0 aromatic rings. The lowest BCUT2D eigenvalue weighted by Crippen LogP contribution is -2.54. The summed E-state index contributed by atoms with van der Waals surface area (Å²) in [4.78, 5) is 0. The highest BCUT2D eigenvalue weighted by Gasteiger charge is 2.55. The molecule has 3 fully saturated rings. The molecule has 3 aliphatic rings. The predicted molar refractivity (Wildman–Crippen MR) is 106 cm³/mol. The Balaban J connectivity index is 1.98. The van der Waals surface area contributed by atoms with Crippen LogP contribution in [0.1, 0.15) is 73.1 Å². The SMILES string of the molecule is CSCC1C[C@@H](C)[C@@H]2CC[C@]3(C)C(O)CC[C@@H](C)[C@H]3C[C@@H]1C2(C)C. The van der Waals surface area contributed by atoms with Crippen molar-refractivity contribution >= 4 is 11.8 Å². The van der Waals surface area contributed by atoms with Gasteiger partial charge in [0.25, 0.3) is 0 Å². The normalized spacial score (nSPS) is 51.4. The van der Waals surface area contributed by atoms with Crippen molar-refractivity contribution in [3.63, 3.8) is 0 Å². The standard InChI is InChI=1S/C22H40OS/c1-14-7-8-20(23)22(5)10-9-17-15(2)11-16(13-24-6)19(12-18(14)22)21(17,3)4/h14-20,23H,7-13H2,1-6H3/t14-,15-,16?,17+,18-,19+,20?,22+/m1/s1. The van der Waals surface area contributed by atoms with Crippen molar-refractivity contribution in [1.29, 1.82) is 0 Å². The van der Waals surface area contributed by atoms with Crippen LogP contribution in [0, 0.1) is 46.3 Å². The Kier molecular flexibility index (Phi) is 5.41. The van der Waals surface area contributed by atoms with Gasteiger partial charge in [0, 0.05) is 0 Å². The summed E-state index contributed by atoms with van der Waals surface area (Å²) in [5.41, 5.74) is 0.618. The van der Waals surface area contributed by atoms with E-state index in [0.717, 1.165) is 36.0 Å². The molecule has 3 aliphatic carbocycles. The molecule has 0 radical (unpaired) electrons. The van der Waals surface area contributed by atoms with Crippen molar-refractivity contribution in [2.24, 2.45) is 46.3 Å². The second kappa shape index (κ2) is 6.80. The van der Waals surface area contributed by atoms with Crippen LogP contribution >= 0.6 is 11.8 Å². The van der Waals surface area contributed by atoms with Crippen LogP contribution in [0.2, 0.25) is 0 Å². The number of rotatable bonds is 2. The Morgan fingerprint density at radius 1 is 0.917 bits per heavy atom. The molecule has 140 valence electrons. The molecule has 24 heavy (non-hydrogen) atoms. The molecule has 2 bridgehead atoms. The third-order valence-electron chi connectivity index (χ3n) is 8.92. The van der Waals surface area contributed by atoms with E-state index in [1.165, 1.54) is 37.9 Å². The molecule has 2 unspecified atom stereocenters. The lowest BCUT2D eigenvalue weighted by atomic mass is 9.46. The molecular formula is C22H40OS. The number of aliphatic hydroxyl groups excluding tert-OH is 1. The van der Waals surface area contributed by atoms with E-state index in [1.54, 1.807) is 0 Å². The van der Waals surface area contributed by atoms with Crippen molar-refractivity contribution in [3.05, 3.63) is 0 Å². The molecule has 1 N–H and O–H groups in total. The zero-order chi connectivity index (χ0) is 17.7. The van der Waals surface area contributed by atoms with E-state index in [0.29, 0.717) is 11.3 Å². The monoisotopic (exact) mass is 352 g/mol. The van der Waals surface area contributed by atoms with Crippen LogP contribution in [0.3, 0.4) is 0 Å². The van der Waals surface area contributed by atoms with Crippen LogP contribution < -0.4 is 0 Å². The summed E-state index contributed by atoms with van der Waals surface area (Å²) in [6.45, 7) is 12.6. The van der Waals surface area contributed by atoms with E-state index in [-0.39, 0.29) is 11.5 Å². The molecule has 2 heteroatoms. The third kappa shape index (κ3) is 2.98. The van der Waals surface area contributed by atoms with E-state index >= 15 is 0 Å². The van der Waals surface area contributed by atoms with E-state index < -0.39 is 0 Å². The van der Waals surface area contributed by atoms with E-state index in [2.05, 4.69) is 40.9 Å². The first-order valence-corrected chi connectivity index (χ1v) is 11.8. The largest absolute Gasteiger partial charge is 0.393 e. The Hall–Kier alpha value is 0.310. The minimum absolute atomic E-state index is 0.0741. The highest BCUT2D eigenvalue weighted by Crippen LogP contribution is 2.61. The predicted octanol–water partition coefficient (Wildman–Crippen LogP) is 5.86. The van der Waals surface area contributed by atoms with Gasteiger partial charge in [-0.1, -0.05) is 34.6 Å². The molecule has 0 amide bonds. The molecule has 0 aromatic heterocycles. The highest BCUT2D eigenvalue weighted by molar-refractivity contribution is 7.98. The molecular weight excluding hydrogens is 312 g/mol. The zero-order valence-corrected chi connectivity index (χ0v) is 17.7. The summed E-state index contributed by atoms with van der Waals surface area (Å²) < 4.78 is 0. The summed E-state index contributed by atoms with van der Waals surface area (Å²) in [5.74, 6) is 6.20. The molecule has 0 spiro atoms. The number of thioether (sulfide) groups is 1. The summed E-state index contributed by atoms with van der Waals surface area (Å²) >= 11 is 2.05. The fourth-order valence-corrected chi connectivity index (χ4v) is 8.21. The van der Waals surface area contributed by atoms with Crippen molar-refractivity contribution in [3.8, 4) is 0 Å². The zero-order valence-electron chi connectivity index (χ0n) is 16.8. The van der Waals surface area contributed by atoms with Crippen LogP contribution in [0.25, 0.3) is 0 Å². The number of aliphatic hydroxyl groups is 1. The second-order valence-electron chi connectivity index (χ2n) is 10.4. The summed E-state index contributed by atoms with van der Waals surface area (Å²) in [6, 6.07) is 0. The summed E-state index contributed by atoms with van der Waals surface area (Å²) in [5, 5.41) is 10.9. The Morgan fingerprint density at radius 3 is 2.29 bits per heavy atom. The average Bonchev–Trinajstić information content (AvgIpc) is 2.49. The van der Waals surface area contributed by atoms with Crippen LogP contribution in [-0.4, -0.2) is 23.2 Å². The topological polar surface area (TPSA) is 20.2 Å². The van der Waals surface area contributed by atoms with Crippen molar-refractivity contribution in [1.82, 2.24) is 0 Å². The maximum atomic E-state index is 10.9. The van der Waals surface area contributed by atoms with Gasteiger partial charge in [-0.2, -0.15) is 11.8 Å². The maximum absolute atomic E-state index is 10.9. The minimum Gasteiger partial charge on any atom is -0.393 e. The van der Waals surface area contributed by atoms with Gasteiger partial charge in [0.1, 0.15) is 0 Å². The second-order valence-corrected chi connectivity index (χ2v) is 11.3. The first-order valence-electron chi connectivity index (χ1n) is 10.4. The maximum Gasteiger partial charge on any atom is 0.0596 e. The van der Waals surface area contributed by atoms with Crippen LogP contribution in [-0.2, 0) is 0 Å². The lowest BCUT2D eigenvalue weighted by molar-refractivity contribution is -0.131. The fraction of sp³-hybridized carbons (Fsp3) is 1.00. The van der Waals surface area contributed by atoms with Crippen LogP contribution in [0.5, 0.6) is 0 Å². The lowest BCUT2D eigenvalue weighted by Gasteiger charge is -2.60. The Labute approximate surface area is 154 Å². The van der Waals surface area contributed by atoms with Crippen molar-refractivity contribution < 1.29 is 5.11 Å². The minimum atomic E-state index is -0.0741. The van der Waals surface area contributed by atoms with Gasteiger partial charge in [0.15, 0.2) is 0 Å². The Morgan fingerprint density at radius 2 is 1.62 bits per heavy atom. The Bertz CT molecular complexity index is 447. The van der Waals surface area contributed by atoms with Crippen molar-refractivity contribution in [2.75, 3.05) is 12.0 Å². The number of hydrogen-bond acceptors (Lipinski definition) is 2. The first-order chi connectivity index (χ1) is 11.2. The van der Waals surface area contributed by atoms with Crippen LogP contribution in [0.4, 0.5) is 0 Å².